The molecule has 0 bridgehead atoms. The highest BCUT2D eigenvalue weighted by Gasteiger charge is 2.30. The van der Waals surface area contributed by atoms with Gasteiger partial charge in [0.15, 0.2) is 0 Å². The zero-order chi connectivity index (χ0) is 13.8. The zero-order valence-corrected chi connectivity index (χ0v) is 11.5. The van der Waals surface area contributed by atoms with Crippen LogP contribution in [0.4, 0.5) is 5.69 Å². The minimum atomic E-state index is -0.292. The molecule has 1 atom stereocenters. The van der Waals surface area contributed by atoms with Gasteiger partial charge in [0.25, 0.3) is 0 Å². The summed E-state index contributed by atoms with van der Waals surface area (Å²) in [6.45, 7) is 1.92. The molecular weight excluding hydrogens is 242 g/mol. The number of hydrogen-bond donors (Lipinski definition) is 1. The largest absolute Gasteiger partial charge is 0.497 e. The Balaban J connectivity index is 2.31. The molecule has 5 nitrogen and oxygen atoms in total. The Morgan fingerprint density at radius 1 is 1.42 bits per heavy atom. The predicted molar refractivity (Wildman–Crippen MR) is 75.4 cm³/mol. The Bertz CT molecular complexity index is 450. The molecule has 0 saturated carbocycles. The van der Waals surface area contributed by atoms with Gasteiger partial charge in [0.05, 0.1) is 7.11 Å². The molecule has 104 valence electrons. The van der Waals surface area contributed by atoms with Crippen LogP contribution in [-0.4, -0.2) is 50.6 Å². The molecule has 1 aliphatic heterocycles. The van der Waals surface area contributed by atoms with E-state index in [4.69, 9.17) is 10.5 Å². The number of ether oxygens (including phenoxy) is 1. The lowest BCUT2D eigenvalue weighted by Gasteiger charge is -2.30. The first-order chi connectivity index (χ1) is 9.17. The Hall–Kier alpha value is -1.75. The van der Waals surface area contributed by atoms with Crippen LogP contribution in [0.5, 0.6) is 5.75 Å². The standard InChI is InChI=1S/C14H21N3O2/c1-16-7-4-8-17(13(10-15)14(16)18)11-5-3-6-12(9-11)19-2/h3,5-6,9,13H,4,7-8,10,15H2,1-2H3. The maximum atomic E-state index is 12.3. The number of benzene rings is 1. The fourth-order valence-corrected chi connectivity index (χ4v) is 2.46. The molecule has 2 N–H and O–H groups in total. The van der Waals surface area contributed by atoms with Gasteiger partial charge in [-0.2, -0.15) is 0 Å². The van der Waals surface area contributed by atoms with Crippen molar-refractivity contribution in [2.45, 2.75) is 12.5 Å². The van der Waals surface area contributed by atoms with Crippen molar-refractivity contribution in [1.29, 1.82) is 0 Å². The van der Waals surface area contributed by atoms with Crippen LogP contribution >= 0.6 is 0 Å². The van der Waals surface area contributed by atoms with Gasteiger partial charge in [0.1, 0.15) is 11.8 Å². The maximum Gasteiger partial charge on any atom is 0.246 e. The summed E-state index contributed by atoms with van der Waals surface area (Å²) in [5.74, 6) is 0.876. The summed E-state index contributed by atoms with van der Waals surface area (Å²) in [6.07, 6.45) is 0.940. The zero-order valence-electron chi connectivity index (χ0n) is 11.5. The fraction of sp³-hybridized carbons (Fsp3) is 0.500. The average Bonchev–Trinajstić information content (AvgIpc) is 2.59. The van der Waals surface area contributed by atoms with Crippen molar-refractivity contribution < 1.29 is 9.53 Å². The number of methoxy groups -OCH3 is 1. The average molecular weight is 263 g/mol. The molecule has 2 rings (SSSR count). The number of hydrogen-bond acceptors (Lipinski definition) is 4. The lowest BCUT2D eigenvalue weighted by molar-refractivity contribution is -0.130. The van der Waals surface area contributed by atoms with Crippen LogP contribution in [0.2, 0.25) is 0 Å². The van der Waals surface area contributed by atoms with E-state index >= 15 is 0 Å². The monoisotopic (exact) mass is 263 g/mol. The van der Waals surface area contributed by atoms with E-state index in [0.29, 0.717) is 6.54 Å². The number of likely N-dealkylation sites (N-methyl/N-ethyl adjacent to an activating group) is 1. The van der Waals surface area contributed by atoms with Crippen LogP contribution in [0.25, 0.3) is 0 Å². The van der Waals surface area contributed by atoms with Gasteiger partial charge in [-0.1, -0.05) is 6.07 Å². The van der Waals surface area contributed by atoms with E-state index in [-0.39, 0.29) is 11.9 Å². The minimum absolute atomic E-state index is 0.0859. The predicted octanol–water partition coefficient (Wildman–Crippen LogP) is 0.691. The van der Waals surface area contributed by atoms with Gasteiger partial charge >= 0.3 is 0 Å². The van der Waals surface area contributed by atoms with E-state index in [2.05, 4.69) is 4.90 Å². The molecule has 5 heteroatoms. The summed E-state index contributed by atoms with van der Waals surface area (Å²) in [4.78, 5) is 16.1. The van der Waals surface area contributed by atoms with Crippen LogP contribution in [0.3, 0.4) is 0 Å². The van der Waals surface area contributed by atoms with Crippen molar-refractivity contribution >= 4 is 11.6 Å². The van der Waals surface area contributed by atoms with Crippen molar-refractivity contribution in [3.63, 3.8) is 0 Å². The molecule has 1 aromatic rings. The first kappa shape index (κ1) is 13.7. The maximum absolute atomic E-state index is 12.3. The first-order valence-corrected chi connectivity index (χ1v) is 6.53. The number of nitrogens with zero attached hydrogens (tertiary/aromatic N) is 2. The lowest BCUT2D eigenvalue weighted by atomic mass is 10.2. The van der Waals surface area contributed by atoms with Gasteiger partial charge in [-0.15, -0.1) is 0 Å². The molecule has 0 radical (unpaired) electrons. The number of carbonyl (C=O) groups excluding carboxylic acids is 1. The third kappa shape index (κ3) is 2.81. The Kier molecular flexibility index (Phi) is 4.27. The quantitative estimate of drug-likeness (QED) is 0.871. The van der Waals surface area contributed by atoms with Crippen molar-refractivity contribution in [1.82, 2.24) is 4.90 Å². The van der Waals surface area contributed by atoms with Crippen LogP contribution < -0.4 is 15.4 Å². The van der Waals surface area contributed by atoms with Gasteiger partial charge in [-0.3, -0.25) is 4.79 Å². The summed E-state index contributed by atoms with van der Waals surface area (Å²) in [5.41, 5.74) is 6.79. The van der Waals surface area contributed by atoms with Crippen LogP contribution in [0.15, 0.2) is 24.3 Å². The third-order valence-electron chi connectivity index (χ3n) is 3.54. The summed E-state index contributed by atoms with van der Waals surface area (Å²) in [5, 5.41) is 0. The highest BCUT2D eigenvalue weighted by Crippen LogP contribution is 2.24. The summed E-state index contributed by atoms with van der Waals surface area (Å²) in [7, 11) is 3.47. The van der Waals surface area contributed by atoms with Gasteiger partial charge < -0.3 is 20.3 Å². The number of anilines is 1. The molecular formula is C14H21N3O2. The molecule has 0 aromatic heterocycles. The fourth-order valence-electron chi connectivity index (χ4n) is 2.46. The van der Waals surface area contributed by atoms with Crippen LogP contribution in [-0.2, 0) is 4.79 Å². The van der Waals surface area contributed by atoms with E-state index in [1.165, 1.54) is 0 Å². The molecule has 1 fully saturated rings. The van der Waals surface area contributed by atoms with E-state index in [1.807, 2.05) is 31.3 Å². The second-order valence-corrected chi connectivity index (χ2v) is 4.76. The second-order valence-electron chi connectivity index (χ2n) is 4.76. The summed E-state index contributed by atoms with van der Waals surface area (Å²) in [6, 6.07) is 7.47. The van der Waals surface area contributed by atoms with Crippen LogP contribution in [0.1, 0.15) is 6.42 Å². The smallest absolute Gasteiger partial charge is 0.246 e. The minimum Gasteiger partial charge on any atom is -0.497 e. The molecule has 1 unspecified atom stereocenters. The molecule has 0 aliphatic carbocycles. The Morgan fingerprint density at radius 2 is 2.21 bits per heavy atom. The normalized spacial score (nSPS) is 20.4. The van der Waals surface area contributed by atoms with Gasteiger partial charge in [-0.05, 0) is 18.6 Å². The van der Waals surface area contributed by atoms with Crippen molar-refractivity contribution in [3.8, 4) is 5.75 Å². The molecule has 0 spiro atoms. The molecule has 1 aliphatic rings. The van der Waals surface area contributed by atoms with E-state index < -0.39 is 0 Å². The SMILES string of the molecule is COc1cccc(N2CCCN(C)C(=O)C2CN)c1. The topological polar surface area (TPSA) is 58.8 Å². The number of amides is 1. The summed E-state index contributed by atoms with van der Waals surface area (Å²) >= 11 is 0. The molecule has 1 heterocycles. The lowest BCUT2D eigenvalue weighted by Crippen LogP contribution is -2.49. The molecule has 1 aromatic carbocycles. The highest BCUT2D eigenvalue weighted by atomic mass is 16.5. The van der Waals surface area contributed by atoms with Crippen molar-refractivity contribution in [3.05, 3.63) is 24.3 Å². The second kappa shape index (κ2) is 5.93. The Morgan fingerprint density at radius 3 is 2.89 bits per heavy atom. The van der Waals surface area contributed by atoms with Gasteiger partial charge in [0.2, 0.25) is 5.91 Å². The van der Waals surface area contributed by atoms with E-state index in [1.54, 1.807) is 12.0 Å². The van der Waals surface area contributed by atoms with E-state index in [9.17, 15) is 4.79 Å². The Labute approximate surface area is 113 Å². The molecule has 19 heavy (non-hydrogen) atoms. The number of nitrogens with two attached hydrogens (primary N) is 1. The molecule has 1 amide bonds. The molecule has 1 saturated heterocycles. The van der Waals surface area contributed by atoms with Crippen molar-refractivity contribution in [2.75, 3.05) is 38.7 Å². The number of rotatable bonds is 3. The highest BCUT2D eigenvalue weighted by molar-refractivity contribution is 5.86. The summed E-state index contributed by atoms with van der Waals surface area (Å²) < 4.78 is 5.24. The first-order valence-electron chi connectivity index (χ1n) is 6.53. The van der Waals surface area contributed by atoms with Gasteiger partial charge in [0, 0.05) is 38.4 Å². The third-order valence-corrected chi connectivity index (χ3v) is 3.54. The van der Waals surface area contributed by atoms with Crippen molar-refractivity contribution in [2.24, 2.45) is 5.73 Å². The van der Waals surface area contributed by atoms with Gasteiger partial charge in [-0.25, -0.2) is 0 Å². The van der Waals surface area contributed by atoms with Crippen LogP contribution in [0, 0.1) is 0 Å². The van der Waals surface area contributed by atoms with E-state index in [0.717, 1.165) is 30.9 Å². The number of carbonyl (C=O) groups is 1.